The molecule has 0 aliphatic carbocycles. The normalized spacial score (nSPS) is 19.9. The minimum Gasteiger partial charge on any atom is -0.348 e. The molecule has 0 saturated carbocycles. The van der Waals surface area contributed by atoms with Gasteiger partial charge in [0, 0.05) is 29.7 Å². The Kier molecular flexibility index (Phi) is 3.65. The number of aromatic nitrogens is 1. The molecular formula is C16H19N3O. The van der Waals surface area contributed by atoms with Gasteiger partial charge in [0.1, 0.15) is 0 Å². The number of likely N-dealkylation sites (N-methyl/N-ethyl adjacent to an activating group) is 1. The van der Waals surface area contributed by atoms with Crippen LogP contribution in [0.5, 0.6) is 0 Å². The summed E-state index contributed by atoms with van der Waals surface area (Å²) in [5, 5.41) is 4.13. The highest BCUT2D eigenvalue weighted by Gasteiger charge is 2.19. The monoisotopic (exact) mass is 269 g/mol. The zero-order valence-electron chi connectivity index (χ0n) is 11.7. The van der Waals surface area contributed by atoms with E-state index in [0.29, 0.717) is 5.56 Å². The molecular weight excluding hydrogens is 250 g/mol. The van der Waals surface area contributed by atoms with Crippen molar-refractivity contribution in [3.8, 4) is 0 Å². The van der Waals surface area contributed by atoms with Gasteiger partial charge in [-0.3, -0.25) is 9.78 Å². The molecule has 1 fully saturated rings. The van der Waals surface area contributed by atoms with Crippen molar-refractivity contribution in [2.75, 3.05) is 20.1 Å². The molecule has 0 unspecified atom stereocenters. The molecule has 1 aliphatic heterocycles. The molecule has 1 saturated heterocycles. The summed E-state index contributed by atoms with van der Waals surface area (Å²) >= 11 is 0. The van der Waals surface area contributed by atoms with Gasteiger partial charge in [-0.2, -0.15) is 0 Å². The number of piperidine rings is 1. The van der Waals surface area contributed by atoms with Crippen molar-refractivity contribution in [1.29, 1.82) is 0 Å². The molecule has 4 heteroatoms. The summed E-state index contributed by atoms with van der Waals surface area (Å²) in [5.41, 5.74) is 1.63. The lowest BCUT2D eigenvalue weighted by molar-refractivity contribution is 0.0912. The highest BCUT2D eigenvalue weighted by molar-refractivity contribution is 5.98. The summed E-state index contributed by atoms with van der Waals surface area (Å²) in [6, 6.07) is 9.78. The van der Waals surface area contributed by atoms with Gasteiger partial charge in [0.15, 0.2) is 0 Å². The van der Waals surface area contributed by atoms with Crippen molar-refractivity contribution >= 4 is 16.8 Å². The average Bonchev–Trinajstić information content (AvgIpc) is 2.47. The van der Waals surface area contributed by atoms with E-state index in [1.807, 2.05) is 30.3 Å². The smallest absolute Gasteiger partial charge is 0.251 e. The average molecular weight is 269 g/mol. The fourth-order valence-corrected chi connectivity index (χ4v) is 2.77. The number of benzene rings is 1. The van der Waals surface area contributed by atoms with Gasteiger partial charge >= 0.3 is 0 Å². The SMILES string of the molecule is CN1CCC[C@@H](NC(=O)c2ccc3ncccc3c2)C1. The molecule has 2 aromatic rings. The van der Waals surface area contributed by atoms with Gasteiger partial charge in [0.25, 0.3) is 5.91 Å². The molecule has 1 aromatic heterocycles. The Morgan fingerprint density at radius 1 is 1.40 bits per heavy atom. The quantitative estimate of drug-likeness (QED) is 0.907. The van der Waals surface area contributed by atoms with Crippen LogP contribution in [0.3, 0.4) is 0 Å². The first kappa shape index (κ1) is 13.1. The van der Waals surface area contributed by atoms with Crippen molar-refractivity contribution in [3.63, 3.8) is 0 Å². The standard InChI is InChI=1S/C16H19N3O/c1-19-9-3-5-14(11-19)18-16(20)13-6-7-15-12(10-13)4-2-8-17-15/h2,4,6-8,10,14H,3,5,9,11H2,1H3,(H,18,20)/t14-/m1/s1. The number of pyridine rings is 1. The second-order valence-corrected chi connectivity index (χ2v) is 5.49. The summed E-state index contributed by atoms with van der Waals surface area (Å²) < 4.78 is 0. The molecule has 1 amide bonds. The zero-order chi connectivity index (χ0) is 13.9. The lowest BCUT2D eigenvalue weighted by Gasteiger charge is -2.30. The third-order valence-corrected chi connectivity index (χ3v) is 3.82. The number of carbonyl (C=O) groups is 1. The fourth-order valence-electron chi connectivity index (χ4n) is 2.77. The van der Waals surface area contributed by atoms with Crippen molar-refractivity contribution in [2.45, 2.75) is 18.9 Å². The first-order valence-electron chi connectivity index (χ1n) is 7.06. The van der Waals surface area contributed by atoms with E-state index in [-0.39, 0.29) is 11.9 Å². The van der Waals surface area contributed by atoms with Crippen molar-refractivity contribution in [2.24, 2.45) is 0 Å². The molecule has 2 heterocycles. The first-order valence-corrected chi connectivity index (χ1v) is 7.06. The highest BCUT2D eigenvalue weighted by Crippen LogP contribution is 2.14. The van der Waals surface area contributed by atoms with Crippen LogP contribution >= 0.6 is 0 Å². The summed E-state index contributed by atoms with van der Waals surface area (Å²) in [7, 11) is 2.10. The Bertz CT molecular complexity index is 626. The lowest BCUT2D eigenvalue weighted by atomic mass is 10.1. The van der Waals surface area contributed by atoms with Gasteiger partial charge in [0.05, 0.1) is 5.52 Å². The van der Waals surface area contributed by atoms with Crippen molar-refractivity contribution in [1.82, 2.24) is 15.2 Å². The predicted octanol–water partition coefficient (Wildman–Crippen LogP) is 2.06. The molecule has 0 bridgehead atoms. The summed E-state index contributed by atoms with van der Waals surface area (Å²) in [5.74, 6) is 0.0102. The third-order valence-electron chi connectivity index (χ3n) is 3.82. The molecule has 1 aliphatic rings. The minimum absolute atomic E-state index is 0.0102. The van der Waals surface area contributed by atoms with Gasteiger partial charge in [-0.15, -0.1) is 0 Å². The zero-order valence-corrected chi connectivity index (χ0v) is 11.7. The number of carbonyl (C=O) groups excluding carboxylic acids is 1. The summed E-state index contributed by atoms with van der Waals surface area (Å²) in [4.78, 5) is 18.8. The second kappa shape index (κ2) is 5.59. The molecule has 0 radical (unpaired) electrons. The van der Waals surface area contributed by atoms with Gasteiger partial charge in [-0.05, 0) is 50.7 Å². The van der Waals surface area contributed by atoms with Gasteiger partial charge < -0.3 is 10.2 Å². The molecule has 20 heavy (non-hydrogen) atoms. The van der Waals surface area contributed by atoms with Crippen molar-refractivity contribution in [3.05, 3.63) is 42.1 Å². The lowest BCUT2D eigenvalue weighted by Crippen LogP contribution is -2.46. The van der Waals surface area contributed by atoms with E-state index in [0.717, 1.165) is 36.8 Å². The largest absolute Gasteiger partial charge is 0.348 e. The molecule has 1 atom stereocenters. The number of rotatable bonds is 2. The maximum atomic E-state index is 12.3. The van der Waals surface area contributed by atoms with Gasteiger partial charge in [0.2, 0.25) is 0 Å². The van der Waals surface area contributed by atoms with Crippen LogP contribution in [-0.2, 0) is 0 Å². The van der Waals surface area contributed by atoms with E-state index in [4.69, 9.17) is 0 Å². The Labute approximate surface area is 118 Å². The number of hydrogen-bond donors (Lipinski definition) is 1. The van der Waals surface area contributed by atoms with Crippen molar-refractivity contribution < 1.29 is 4.79 Å². The van der Waals surface area contributed by atoms with E-state index in [1.165, 1.54) is 0 Å². The highest BCUT2D eigenvalue weighted by atomic mass is 16.1. The first-order chi connectivity index (χ1) is 9.72. The van der Waals surface area contributed by atoms with Crippen LogP contribution in [0.1, 0.15) is 23.2 Å². The van der Waals surface area contributed by atoms with E-state index < -0.39 is 0 Å². The minimum atomic E-state index is 0.0102. The number of likely N-dealkylation sites (tertiary alicyclic amines) is 1. The topological polar surface area (TPSA) is 45.2 Å². The Morgan fingerprint density at radius 2 is 2.30 bits per heavy atom. The molecule has 3 rings (SSSR count). The number of fused-ring (bicyclic) bond motifs is 1. The fraction of sp³-hybridized carbons (Fsp3) is 0.375. The molecule has 104 valence electrons. The maximum absolute atomic E-state index is 12.3. The molecule has 4 nitrogen and oxygen atoms in total. The Balaban J connectivity index is 1.75. The van der Waals surface area contributed by atoms with Crippen LogP contribution in [0, 0.1) is 0 Å². The number of amides is 1. The van der Waals surface area contributed by atoms with Crippen LogP contribution < -0.4 is 5.32 Å². The van der Waals surface area contributed by atoms with Crippen LogP contribution in [0.2, 0.25) is 0 Å². The van der Waals surface area contributed by atoms with Crippen LogP contribution in [0.15, 0.2) is 36.5 Å². The molecule has 1 aromatic carbocycles. The summed E-state index contributed by atoms with van der Waals surface area (Å²) in [6.07, 6.45) is 3.97. The second-order valence-electron chi connectivity index (χ2n) is 5.49. The molecule has 1 N–H and O–H groups in total. The summed E-state index contributed by atoms with van der Waals surface area (Å²) in [6.45, 7) is 2.05. The van der Waals surface area contributed by atoms with E-state index >= 15 is 0 Å². The van der Waals surface area contributed by atoms with E-state index in [9.17, 15) is 4.79 Å². The predicted molar refractivity (Wildman–Crippen MR) is 79.7 cm³/mol. The van der Waals surface area contributed by atoms with E-state index in [1.54, 1.807) is 6.20 Å². The van der Waals surface area contributed by atoms with Crippen LogP contribution in [0.4, 0.5) is 0 Å². The van der Waals surface area contributed by atoms with Gasteiger partial charge in [-0.25, -0.2) is 0 Å². The van der Waals surface area contributed by atoms with Crippen LogP contribution in [-0.4, -0.2) is 42.0 Å². The number of hydrogen-bond acceptors (Lipinski definition) is 3. The number of nitrogens with one attached hydrogen (secondary N) is 1. The Hall–Kier alpha value is -1.94. The number of nitrogens with zero attached hydrogens (tertiary/aromatic N) is 2. The molecule has 0 spiro atoms. The third kappa shape index (κ3) is 2.80. The maximum Gasteiger partial charge on any atom is 0.251 e. The van der Waals surface area contributed by atoms with Crippen LogP contribution in [0.25, 0.3) is 10.9 Å². The Morgan fingerprint density at radius 3 is 3.15 bits per heavy atom. The van der Waals surface area contributed by atoms with Gasteiger partial charge in [-0.1, -0.05) is 6.07 Å². The van der Waals surface area contributed by atoms with E-state index in [2.05, 4.69) is 22.2 Å².